The van der Waals surface area contributed by atoms with Crippen LogP contribution in [0.2, 0.25) is 0 Å². The molecule has 0 unspecified atom stereocenters. The van der Waals surface area contributed by atoms with E-state index in [-0.39, 0.29) is 24.5 Å². The first kappa shape index (κ1) is 28.3. The minimum atomic E-state index is -0.301. The molecule has 0 amide bonds. The number of hydrogen-bond donors (Lipinski definition) is 3. The molecule has 1 aliphatic heterocycles. The molecule has 210 valence electrons. The van der Waals surface area contributed by atoms with E-state index in [4.69, 9.17) is 14.2 Å². The molecule has 0 saturated carbocycles. The van der Waals surface area contributed by atoms with Gasteiger partial charge in [0.1, 0.15) is 17.3 Å². The van der Waals surface area contributed by atoms with E-state index >= 15 is 0 Å². The van der Waals surface area contributed by atoms with E-state index in [0.717, 1.165) is 42.6 Å². The van der Waals surface area contributed by atoms with Gasteiger partial charge in [0.15, 0.2) is 0 Å². The van der Waals surface area contributed by atoms with Crippen LogP contribution < -0.4 is 29.7 Å². The lowest BCUT2D eigenvalue weighted by Gasteiger charge is -2.35. The molecule has 1 fully saturated rings. The van der Waals surface area contributed by atoms with E-state index in [1.165, 1.54) is 19.2 Å². The zero-order chi connectivity index (χ0) is 27.6. The van der Waals surface area contributed by atoms with Crippen LogP contribution in [-0.2, 0) is 6.54 Å². The van der Waals surface area contributed by atoms with Crippen LogP contribution in [0.1, 0.15) is 32.3 Å². The number of piperidine rings is 1. The molecule has 2 aromatic carbocycles. The lowest BCUT2D eigenvalue weighted by Crippen LogP contribution is -2.43. The number of rotatable bonds is 13. The van der Waals surface area contributed by atoms with Crippen molar-refractivity contribution in [3.8, 4) is 28.6 Å². The lowest BCUT2D eigenvalue weighted by atomic mass is 9.99. The number of anilines is 2. The van der Waals surface area contributed by atoms with Gasteiger partial charge in [-0.2, -0.15) is 15.0 Å². The number of nitrogens with one attached hydrogen (secondary N) is 2. The Bertz CT molecular complexity index is 1180. The predicted molar refractivity (Wildman–Crippen MR) is 148 cm³/mol. The Balaban J connectivity index is 1.78. The van der Waals surface area contributed by atoms with Crippen molar-refractivity contribution in [2.24, 2.45) is 0 Å². The molecule has 3 aromatic rings. The number of methoxy groups -OCH3 is 1. The normalized spacial score (nSPS) is 13.7. The third-order valence-corrected chi connectivity index (χ3v) is 6.40. The second-order valence-corrected chi connectivity index (χ2v) is 9.05. The highest BCUT2D eigenvalue weighted by Gasteiger charge is 2.26. The number of halogens is 1. The van der Waals surface area contributed by atoms with Gasteiger partial charge in [-0.1, -0.05) is 12.1 Å². The van der Waals surface area contributed by atoms with Crippen molar-refractivity contribution in [3.63, 3.8) is 0 Å². The molecule has 0 radical (unpaired) electrons. The van der Waals surface area contributed by atoms with Crippen LogP contribution in [0.15, 0.2) is 36.4 Å². The molecular weight excluding hydrogens is 503 g/mol. The molecule has 3 N–H and O–H groups in total. The summed E-state index contributed by atoms with van der Waals surface area (Å²) in [6, 6.07) is 10.7. The molecule has 0 bridgehead atoms. The second kappa shape index (κ2) is 13.9. The summed E-state index contributed by atoms with van der Waals surface area (Å²) in [5.41, 5.74) is 2.55. The van der Waals surface area contributed by atoms with E-state index in [1.807, 2.05) is 26.0 Å². The summed E-state index contributed by atoms with van der Waals surface area (Å²) in [5.74, 6) is 1.83. The Morgan fingerprint density at radius 3 is 2.28 bits per heavy atom. The number of aromatic nitrogens is 3. The molecule has 0 aliphatic carbocycles. The van der Waals surface area contributed by atoms with Gasteiger partial charge >= 0.3 is 6.01 Å². The monoisotopic (exact) mass is 540 g/mol. The van der Waals surface area contributed by atoms with E-state index in [1.54, 1.807) is 12.1 Å². The first-order chi connectivity index (χ1) is 19.1. The fraction of sp³-hybridized carbons (Fsp3) is 0.464. The number of benzene rings is 2. The van der Waals surface area contributed by atoms with Crippen LogP contribution >= 0.6 is 0 Å². The van der Waals surface area contributed by atoms with Crippen LogP contribution in [0.3, 0.4) is 0 Å². The van der Waals surface area contributed by atoms with Crippen LogP contribution in [0.5, 0.6) is 17.5 Å². The molecule has 2 heterocycles. The van der Waals surface area contributed by atoms with Gasteiger partial charge in [-0.25, -0.2) is 4.39 Å². The van der Waals surface area contributed by atoms with E-state index < -0.39 is 0 Å². The van der Waals surface area contributed by atoms with Gasteiger partial charge < -0.3 is 34.9 Å². The van der Waals surface area contributed by atoms with E-state index in [2.05, 4.69) is 30.5 Å². The van der Waals surface area contributed by atoms with Crippen LogP contribution in [0.4, 0.5) is 16.3 Å². The summed E-state index contributed by atoms with van der Waals surface area (Å²) in [6.45, 7) is 7.30. The van der Waals surface area contributed by atoms with Crippen molar-refractivity contribution in [3.05, 3.63) is 47.8 Å². The average Bonchev–Trinajstić information content (AvgIpc) is 2.96. The highest BCUT2D eigenvalue weighted by atomic mass is 19.1. The first-order valence-corrected chi connectivity index (χ1v) is 13.4. The largest absolute Gasteiger partial charge is 0.493 e. The fourth-order valence-electron chi connectivity index (χ4n) is 4.67. The van der Waals surface area contributed by atoms with Crippen molar-refractivity contribution in [1.82, 2.24) is 20.3 Å². The summed E-state index contributed by atoms with van der Waals surface area (Å²) in [5, 5.41) is 15.7. The highest BCUT2D eigenvalue weighted by molar-refractivity contribution is 5.77. The number of hydrogen-bond acceptors (Lipinski definition) is 10. The van der Waals surface area contributed by atoms with Crippen molar-refractivity contribution < 1.29 is 23.7 Å². The topological polar surface area (TPSA) is 114 Å². The summed E-state index contributed by atoms with van der Waals surface area (Å²) in [7, 11) is 1.51. The third kappa shape index (κ3) is 7.24. The maximum absolute atomic E-state index is 13.7. The maximum Gasteiger partial charge on any atom is 0.322 e. The molecule has 1 saturated heterocycles. The van der Waals surface area contributed by atoms with E-state index in [0.29, 0.717) is 49.7 Å². The first-order valence-electron chi connectivity index (χ1n) is 13.4. The Hall–Kier alpha value is -3.70. The molecule has 10 nitrogen and oxygen atoms in total. The summed E-state index contributed by atoms with van der Waals surface area (Å²) >= 11 is 0. The quantitative estimate of drug-likeness (QED) is 0.297. The molecule has 39 heavy (non-hydrogen) atoms. The second-order valence-electron chi connectivity index (χ2n) is 9.05. The van der Waals surface area contributed by atoms with Gasteiger partial charge in [0.05, 0.1) is 32.5 Å². The Morgan fingerprint density at radius 2 is 1.69 bits per heavy atom. The SMILES string of the molecule is CCOc1cc(CN(c2nc(NCCO)nc(OC)n2)C2CCNCC2)cc(OCC)c1-c1ccc(F)cc1. The third-order valence-electron chi connectivity index (χ3n) is 6.40. The van der Waals surface area contributed by atoms with Gasteiger partial charge in [-0.3, -0.25) is 0 Å². The van der Waals surface area contributed by atoms with Crippen LogP contribution in [-0.4, -0.2) is 72.7 Å². The van der Waals surface area contributed by atoms with Gasteiger partial charge in [-0.15, -0.1) is 0 Å². The molecule has 0 spiro atoms. The van der Waals surface area contributed by atoms with Crippen molar-refractivity contribution in [1.29, 1.82) is 0 Å². The summed E-state index contributed by atoms with van der Waals surface area (Å²) < 4.78 is 31.2. The maximum atomic E-state index is 13.7. The van der Waals surface area contributed by atoms with Crippen molar-refractivity contribution in [2.75, 3.05) is 56.8 Å². The van der Waals surface area contributed by atoms with Gasteiger partial charge in [-0.05, 0) is 75.2 Å². The Kier molecular flexibility index (Phi) is 10.1. The summed E-state index contributed by atoms with van der Waals surface area (Å²) in [4.78, 5) is 15.7. The Labute approximate surface area is 228 Å². The van der Waals surface area contributed by atoms with Crippen LogP contribution in [0.25, 0.3) is 11.1 Å². The van der Waals surface area contributed by atoms with Gasteiger partial charge in [0.2, 0.25) is 11.9 Å². The minimum absolute atomic E-state index is 0.0534. The molecule has 1 aromatic heterocycles. The van der Waals surface area contributed by atoms with Crippen molar-refractivity contribution in [2.45, 2.75) is 39.3 Å². The average molecular weight is 541 g/mol. The number of aliphatic hydroxyl groups excluding tert-OH is 1. The number of ether oxygens (including phenoxy) is 3. The molecule has 11 heteroatoms. The smallest absolute Gasteiger partial charge is 0.322 e. The zero-order valence-electron chi connectivity index (χ0n) is 22.7. The highest BCUT2D eigenvalue weighted by Crippen LogP contribution is 2.41. The van der Waals surface area contributed by atoms with Gasteiger partial charge in [0.25, 0.3) is 0 Å². The Morgan fingerprint density at radius 1 is 1.03 bits per heavy atom. The van der Waals surface area contributed by atoms with E-state index in [9.17, 15) is 9.50 Å². The molecule has 0 atom stereocenters. The number of nitrogens with zero attached hydrogens (tertiary/aromatic N) is 4. The van der Waals surface area contributed by atoms with Crippen molar-refractivity contribution >= 4 is 11.9 Å². The zero-order valence-corrected chi connectivity index (χ0v) is 22.7. The van der Waals surface area contributed by atoms with Gasteiger partial charge in [0, 0.05) is 19.1 Å². The predicted octanol–water partition coefficient (Wildman–Crippen LogP) is 3.65. The molecule has 1 aliphatic rings. The minimum Gasteiger partial charge on any atom is -0.493 e. The van der Waals surface area contributed by atoms with Crippen LogP contribution in [0, 0.1) is 5.82 Å². The molecule has 4 rings (SSSR count). The summed E-state index contributed by atoms with van der Waals surface area (Å²) in [6.07, 6.45) is 1.83. The number of aliphatic hydroxyl groups is 1. The lowest BCUT2D eigenvalue weighted by molar-refractivity contribution is 0.310. The fourth-order valence-corrected chi connectivity index (χ4v) is 4.67. The molecular formula is C28H37FN6O4. The standard InChI is InChI=1S/C28H37FN6O4/c1-4-38-23-16-19(17-24(39-5-2)25(23)20-6-8-21(29)9-7-20)18-35(22-10-12-30-13-11-22)27-32-26(31-14-15-36)33-28(34-27)37-3/h6-9,16-17,22,30,36H,4-5,10-15,18H2,1-3H3,(H,31,32,33,34).